The molecule has 0 atom stereocenters. The summed E-state index contributed by atoms with van der Waals surface area (Å²) in [7, 11) is 1.99. The van der Waals surface area contributed by atoms with Crippen molar-refractivity contribution in [3.63, 3.8) is 0 Å². The predicted molar refractivity (Wildman–Crippen MR) is 53.3 cm³/mol. The van der Waals surface area contributed by atoms with Crippen molar-refractivity contribution in [3.8, 4) is 0 Å². The maximum atomic E-state index is 5.57. The number of hydrogen-bond donors (Lipinski definition) is 1. The lowest BCUT2D eigenvalue weighted by atomic mass is 10.2. The van der Waals surface area contributed by atoms with Gasteiger partial charge >= 0.3 is 0 Å². The zero-order valence-corrected chi connectivity index (χ0v) is 7.91. The summed E-state index contributed by atoms with van der Waals surface area (Å²) in [5.74, 6) is 0.931. The first kappa shape index (κ1) is 8.26. The standard InChI is InChI=1S/C10H13N3/c1-7-3-4-9-8(5-7)12-10(6-11)13(9)2/h3-5H,6,11H2,1-2H3. The third-order valence-corrected chi connectivity index (χ3v) is 2.31. The molecule has 1 aromatic carbocycles. The zero-order valence-electron chi connectivity index (χ0n) is 7.91. The Balaban J connectivity index is 2.76. The molecule has 0 aliphatic heterocycles. The summed E-state index contributed by atoms with van der Waals surface area (Å²) in [6.45, 7) is 2.56. The number of nitrogens with two attached hydrogens (primary N) is 1. The molecule has 0 radical (unpaired) electrons. The summed E-state index contributed by atoms with van der Waals surface area (Å²) < 4.78 is 2.04. The lowest BCUT2D eigenvalue weighted by Gasteiger charge is -1.97. The fourth-order valence-electron chi connectivity index (χ4n) is 1.54. The normalized spacial score (nSPS) is 11.0. The summed E-state index contributed by atoms with van der Waals surface area (Å²) >= 11 is 0. The number of imidazole rings is 1. The van der Waals surface area contributed by atoms with Gasteiger partial charge in [-0.1, -0.05) is 6.07 Å². The van der Waals surface area contributed by atoms with Crippen molar-refractivity contribution in [1.82, 2.24) is 9.55 Å². The summed E-state index contributed by atoms with van der Waals surface area (Å²) in [6.07, 6.45) is 0. The zero-order chi connectivity index (χ0) is 9.42. The first-order valence-corrected chi connectivity index (χ1v) is 4.34. The molecular formula is C10H13N3. The molecule has 2 rings (SSSR count). The summed E-state index contributed by atoms with van der Waals surface area (Å²) in [6, 6.07) is 6.25. The van der Waals surface area contributed by atoms with Gasteiger partial charge in [-0.3, -0.25) is 0 Å². The van der Waals surface area contributed by atoms with E-state index in [0.717, 1.165) is 16.9 Å². The largest absolute Gasteiger partial charge is 0.330 e. The van der Waals surface area contributed by atoms with Crippen molar-refractivity contribution in [2.75, 3.05) is 0 Å². The molecule has 2 N–H and O–H groups in total. The van der Waals surface area contributed by atoms with Crippen LogP contribution in [0.3, 0.4) is 0 Å². The van der Waals surface area contributed by atoms with Gasteiger partial charge in [0.25, 0.3) is 0 Å². The Morgan fingerprint density at radius 3 is 2.92 bits per heavy atom. The van der Waals surface area contributed by atoms with Crippen molar-refractivity contribution in [1.29, 1.82) is 0 Å². The van der Waals surface area contributed by atoms with Crippen LogP contribution in [0.5, 0.6) is 0 Å². The minimum atomic E-state index is 0.490. The number of fused-ring (bicyclic) bond motifs is 1. The molecule has 0 saturated carbocycles. The number of rotatable bonds is 1. The van der Waals surface area contributed by atoms with E-state index >= 15 is 0 Å². The van der Waals surface area contributed by atoms with E-state index < -0.39 is 0 Å². The van der Waals surface area contributed by atoms with E-state index in [1.165, 1.54) is 5.56 Å². The highest BCUT2D eigenvalue weighted by atomic mass is 15.1. The van der Waals surface area contributed by atoms with Gasteiger partial charge in [-0.05, 0) is 24.6 Å². The van der Waals surface area contributed by atoms with Gasteiger partial charge in [0.15, 0.2) is 0 Å². The second-order valence-electron chi connectivity index (χ2n) is 3.28. The molecular weight excluding hydrogens is 162 g/mol. The number of benzene rings is 1. The first-order valence-electron chi connectivity index (χ1n) is 4.34. The topological polar surface area (TPSA) is 43.8 Å². The average molecular weight is 175 g/mol. The van der Waals surface area contributed by atoms with E-state index in [1.807, 2.05) is 11.6 Å². The second kappa shape index (κ2) is 2.85. The maximum absolute atomic E-state index is 5.57. The molecule has 0 aliphatic carbocycles. The monoisotopic (exact) mass is 175 g/mol. The summed E-state index contributed by atoms with van der Waals surface area (Å²) in [5, 5.41) is 0. The van der Waals surface area contributed by atoms with Gasteiger partial charge in [0, 0.05) is 7.05 Å². The Kier molecular flexibility index (Phi) is 1.81. The highest BCUT2D eigenvalue weighted by Crippen LogP contribution is 2.15. The van der Waals surface area contributed by atoms with Crippen LogP contribution in [-0.4, -0.2) is 9.55 Å². The highest BCUT2D eigenvalue weighted by Gasteiger charge is 2.04. The van der Waals surface area contributed by atoms with Crippen LogP contribution in [0.25, 0.3) is 11.0 Å². The van der Waals surface area contributed by atoms with Crippen LogP contribution < -0.4 is 5.73 Å². The van der Waals surface area contributed by atoms with Crippen molar-refractivity contribution in [2.24, 2.45) is 12.8 Å². The summed E-state index contributed by atoms with van der Waals surface area (Å²) in [5.41, 5.74) is 8.97. The van der Waals surface area contributed by atoms with E-state index in [9.17, 15) is 0 Å². The second-order valence-corrected chi connectivity index (χ2v) is 3.28. The lowest BCUT2D eigenvalue weighted by molar-refractivity contribution is 0.813. The molecule has 3 nitrogen and oxygen atoms in total. The quantitative estimate of drug-likeness (QED) is 0.710. The van der Waals surface area contributed by atoms with Gasteiger partial charge in [0.1, 0.15) is 5.82 Å². The van der Waals surface area contributed by atoms with E-state index in [-0.39, 0.29) is 0 Å². The minimum Gasteiger partial charge on any atom is -0.330 e. The van der Waals surface area contributed by atoms with E-state index in [1.54, 1.807) is 0 Å². The van der Waals surface area contributed by atoms with Crippen LogP contribution in [0.15, 0.2) is 18.2 Å². The van der Waals surface area contributed by atoms with Crippen molar-refractivity contribution >= 4 is 11.0 Å². The Hall–Kier alpha value is -1.35. The van der Waals surface area contributed by atoms with Crippen LogP contribution in [0, 0.1) is 6.92 Å². The van der Waals surface area contributed by atoms with Crippen molar-refractivity contribution < 1.29 is 0 Å². The van der Waals surface area contributed by atoms with Crippen LogP contribution in [0.1, 0.15) is 11.4 Å². The molecule has 0 fully saturated rings. The Bertz CT molecular complexity index is 443. The van der Waals surface area contributed by atoms with Gasteiger partial charge in [-0.25, -0.2) is 4.98 Å². The molecule has 0 bridgehead atoms. The van der Waals surface area contributed by atoms with E-state index in [2.05, 4.69) is 30.1 Å². The van der Waals surface area contributed by atoms with Crippen molar-refractivity contribution in [2.45, 2.75) is 13.5 Å². The van der Waals surface area contributed by atoms with Gasteiger partial charge in [-0.2, -0.15) is 0 Å². The molecule has 0 aliphatic rings. The molecule has 68 valence electrons. The van der Waals surface area contributed by atoms with Crippen LogP contribution in [-0.2, 0) is 13.6 Å². The highest BCUT2D eigenvalue weighted by molar-refractivity contribution is 5.76. The van der Waals surface area contributed by atoms with E-state index in [4.69, 9.17) is 5.73 Å². The summed E-state index contributed by atoms with van der Waals surface area (Å²) in [4.78, 5) is 4.43. The fourth-order valence-corrected chi connectivity index (χ4v) is 1.54. The SMILES string of the molecule is Cc1ccc2c(c1)nc(CN)n2C. The third-order valence-electron chi connectivity index (χ3n) is 2.31. The molecule has 13 heavy (non-hydrogen) atoms. The molecule has 2 aromatic rings. The molecule has 0 unspecified atom stereocenters. The minimum absolute atomic E-state index is 0.490. The molecule has 0 spiro atoms. The van der Waals surface area contributed by atoms with Gasteiger partial charge in [0.2, 0.25) is 0 Å². The van der Waals surface area contributed by atoms with Gasteiger partial charge < -0.3 is 10.3 Å². The van der Waals surface area contributed by atoms with Gasteiger partial charge in [0.05, 0.1) is 17.6 Å². The lowest BCUT2D eigenvalue weighted by Crippen LogP contribution is -2.04. The predicted octanol–water partition coefficient (Wildman–Crippen LogP) is 1.34. The fraction of sp³-hybridized carbons (Fsp3) is 0.300. The molecule has 3 heteroatoms. The number of hydrogen-bond acceptors (Lipinski definition) is 2. The molecule has 0 saturated heterocycles. The number of aromatic nitrogens is 2. The Morgan fingerprint density at radius 1 is 1.46 bits per heavy atom. The van der Waals surface area contributed by atoms with Crippen LogP contribution in [0.4, 0.5) is 0 Å². The third kappa shape index (κ3) is 1.21. The average Bonchev–Trinajstić information content (AvgIpc) is 2.42. The number of nitrogens with zero attached hydrogens (tertiary/aromatic N) is 2. The molecule has 0 amide bonds. The Labute approximate surface area is 77.2 Å². The van der Waals surface area contributed by atoms with Crippen LogP contribution in [0.2, 0.25) is 0 Å². The molecule has 1 aromatic heterocycles. The Morgan fingerprint density at radius 2 is 2.23 bits per heavy atom. The van der Waals surface area contributed by atoms with Crippen LogP contribution >= 0.6 is 0 Å². The molecule has 1 heterocycles. The first-order chi connectivity index (χ1) is 6.22. The number of aryl methyl sites for hydroxylation is 2. The maximum Gasteiger partial charge on any atom is 0.123 e. The van der Waals surface area contributed by atoms with E-state index in [0.29, 0.717) is 6.54 Å². The van der Waals surface area contributed by atoms with Crippen molar-refractivity contribution in [3.05, 3.63) is 29.6 Å². The smallest absolute Gasteiger partial charge is 0.123 e. The van der Waals surface area contributed by atoms with Gasteiger partial charge in [-0.15, -0.1) is 0 Å².